The Labute approximate surface area is 233 Å². The van der Waals surface area contributed by atoms with Crippen LogP contribution in [0.5, 0.6) is 5.75 Å². The largest absolute Gasteiger partial charge is 0.598 e. The van der Waals surface area contributed by atoms with E-state index in [0.717, 1.165) is 52.4 Å². The molecule has 0 amide bonds. The molecule has 0 aliphatic heterocycles. The van der Waals surface area contributed by atoms with Crippen LogP contribution in [0.4, 0.5) is 0 Å². The van der Waals surface area contributed by atoms with Gasteiger partial charge in [-0.25, -0.2) is 4.68 Å². The molecule has 3 aromatic rings. The number of rotatable bonds is 10. The maximum Gasteiger partial charge on any atom is 0.304 e. The monoisotopic (exact) mass is 552 g/mol. The first-order valence-corrected chi connectivity index (χ1v) is 15.4. The minimum Gasteiger partial charge on any atom is -0.598 e. The molecule has 1 heterocycles. The van der Waals surface area contributed by atoms with Crippen molar-refractivity contribution in [3.05, 3.63) is 52.6 Å². The summed E-state index contributed by atoms with van der Waals surface area (Å²) in [5, 5.41) is 18.3. The molecule has 2 saturated carbocycles. The topological polar surface area (TPSA) is 112 Å². The summed E-state index contributed by atoms with van der Waals surface area (Å²) in [5.74, 6) is 1.06. The number of hydrogen-bond donors (Lipinski definition) is 2. The molecule has 1 aromatic heterocycles. The summed E-state index contributed by atoms with van der Waals surface area (Å²) in [6.45, 7) is 2.53. The van der Waals surface area contributed by atoms with Crippen molar-refractivity contribution >= 4 is 28.4 Å². The number of carboxylic acid groups (broad SMARTS) is 1. The summed E-state index contributed by atoms with van der Waals surface area (Å²) in [4.78, 5) is 11.9. The lowest BCUT2D eigenvalue weighted by molar-refractivity contribution is -0.137. The number of ether oxygens (including phenoxy) is 1. The van der Waals surface area contributed by atoms with Gasteiger partial charge in [0.15, 0.2) is 0 Å². The molecule has 39 heavy (non-hydrogen) atoms. The van der Waals surface area contributed by atoms with Gasteiger partial charge in [-0.1, -0.05) is 49.1 Å². The lowest BCUT2D eigenvalue weighted by Gasteiger charge is -2.32. The molecule has 210 valence electrons. The lowest BCUT2D eigenvalue weighted by atomic mass is 9.79. The van der Waals surface area contributed by atoms with Gasteiger partial charge in [-0.3, -0.25) is 4.79 Å². The second-order valence-corrected chi connectivity index (χ2v) is 12.9. The van der Waals surface area contributed by atoms with Crippen LogP contribution in [0.25, 0.3) is 11.0 Å². The number of aromatic nitrogens is 3. The number of benzene rings is 2. The normalized spacial score (nSPS) is 21.7. The number of hydrogen-bond acceptors (Lipinski definition) is 6. The second-order valence-electron chi connectivity index (χ2n) is 11.3. The van der Waals surface area contributed by atoms with Crippen molar-refractivity contribution < 1.29 is 19.2 Å². The maximum atomic E-state index is 13.2. The van der Waals surface area contributed by atoms with Crippen LogP contribution in [0.3, 0.4) is 0 Å². The van der Waals surface area contributed by atoms with Crippen LogP contribution >= 0.6 is 0 Å². The van der Waals surface area contributed by atoms with Gasteiger partial charge < -0.3 is 14.4 Å². The van der Waals surface area contributed by atoms with E-state index in [-0.39, 0.29) is 11.7 Å². The van der Waals surface area contributed by atoms with Crippen LogP contribution in [0.2, 0.25) is 0 Å². The highest BCUT2D eigenvalue weighted by Gasteiger charge is 2.34. The van der Waals surface area contributed by atoms with Crippen LogP contribution in [0.15, 0.2) is 30.3 Å². The number of nitrogens with one attached hydrogen (secondary N) is 1. The van der Waals surface area contributed by atoms with Gasteiger partial charge in [-0.05, 0) is 78.8 Å². The van der Waals surface area contributed by atoms with Crippen LogP contribution in [-0.4, -0.2) is 43.0 Å². The van der Waals surface area contributed by atoms with E-state index in [4.69, 9.17) is 4.74 Å². The van der Waals surface area contributed by atoms with E-state index in [1.165, 1.54) is 38.5 Å². The molecule has 2 atom stereocenters. The molecule has 0 radical (unpaired) electrons. The predicted molar refractivity (Wildman–Crippen MR) is 153 cm³/mol. The van der Waals surface area contributed by atoms with Gasteiger partial charge in [0.1, 0.15) is 22.0 Å². The molecular formula is C30H40N4O4S. The molecular weight excluding hydrogens is 512 g/mol. The van der Waals surface area contributed by atoms with Gasteiger partial charge in [0.2, 0.25) is 0 Å². The zero-order valence-electron chi connectivity index (χ0n) is 23.2. The summed E-state index contributed by atoms with van der Waals surface area (Å²) < 4.78 is 23.7. The zero-order valence-corrected chi connectivity index (χ0v) is 24.0. The fraction of sp³-hybridized carbons (Fsp3) is 0.567. The summed E-state index contributed by atoms with van der Waals surface area (Å²) in [6.07, 6.45) is 9.94. The molecule has 2 N–H and O–H groups in total. The number of aliphatic carboxylic acids is 1. The van der Waals surface area contributed by atoms with Crippen LogP contribution in [0, 0.1) is 18.8 Å². The summed E-state index contributed by atoms with van der Waals surface area (Å²) in [6, 6.07) is 9.84. The Kier molecular flexibility index (Phi) is 8.79. The fourth-order valence-electron chi connectivity index (χ4n) is 6.70. The van der Waals surface area contributed by atoms with Crippen LogP contribution < -0.4 is 9.46 Å². The fourth-order valence-corrected chi connectivity index (χ4v) is 7.94. The third-order valence-corrected chi connectivity index (χ3v) is 10.5. The van der Waals surface area contributed by atoms with E-state index in [2.05, 4.69) is 21.1 Å². The van der Waals surface area contributed by atoms with Crippen LogP contribution in [0.1, 0.15) is 86.0 Å². The minimum absolute atomic E-state index is 0.0684. The number of methoxy groups -OCH3 is 1. The SMILES string of the molecule is COc1cc(C(CC(=O)O)c2ccc(C)c(CN[S+]([O-])C3CCC(C4CCCC4)CC3)c2)cc2nnn(C)c12. The number of carboxylic acids is 1. The predicted octanol–water partition coefficient (Wildman–Crippen LogP) is 5.39. The van der Waals surface area contributed by atoms with Gasteiger partial charge in [-0.2, -0.15) is 0 Å². The van der Waals surface area contributed by atoms with Crippen molar-refractivity contribution in [2.45, 2.75) is 82.4 Å². The highest BCUT2D eigenvalue weighted by atomic mass is 32.2. The van der Waals surface area contributed by atoms with E-state index in [1.807, 2.05) is 31.2 Å². The number of nitrogens with zero attached hydrogens (tertiary/aromatic N) is 3. The van der Waals surface area contributed by atoms with Crippen molar-refractivity contribution in [3.8, 4) is 5.75 Å². The average Bonchev–Trinajstić information content (AvgIpc) is 3.61. The lowest BCUT2D eigenvalue weighted by Crippen LogP contribution is -2.37. The molecule has 2 aromatic carbocycles. The van der Waals surface area contributed by atoms with Crippen LogP contribution in [-0.2, 0) is 29.7 Å². The van der Waals surface area contributed by atoms with Crippen molar-refractivity contribution in [3.63, 3.8) is 0 Å². The standard InChI is InChI=1S/C30H40N4O4S/c1-19-8-9-22(26(17-29(35)36)23-15-27-30(28(16-23)38-3)34(2)33-32-27)14-24(19)18-31-39(37)25-12-10-21(11-13-25)20-6-4-5-7-20/h8-9,14-16,20-21,25-26,31H,4-7,10-13,17-18H2,1-3H3,(H,35,36). The maximum absolute atomic E-state index is 13.2. The zero-order chi connectivity index (χ0) is 27.5. The van der Waals surface area contributed by atoms with Crippen molar-refractivity contribution in [1.82, 2.24) is 19.7 Å². The molecule has 0 bridgehead atoms. The Morgan fingerprint density at radius 3 is 2.54 bits per heavy atom. The van der Waals surface area contributed by atoms with Gasteiger partial charge >= 0.3 is 5.97 Å². The highest BCUT2D eigenvalue weighted by molar-refractivity contribution is 7.90. The Morgan fingerprint density at radius 1 is 1.13 bits per heavy atom. The molecule has 2 aliphatic rings. The Hall–Kier alpha value is -2.62. The third-order valence-electron chi connectivity index (χ3n) is 8.96. The third kappa shape index (κ3) is 6.26. The smallest absolute Gasteiger partial charge is 0.304 e. The summed E-state index contributed by atoms with van der Waals surface area (Å²) in [7, 11) is 3.39. The van der Waals surface area contributed by atoms with Crippen molar-refractivity contribution in [1.29, 1.82) is 0 Å². The molecule has 5 rings (SSSR count). The minimum atomic E-state index is -1.09. The first-order chi connectivity index (χ1) is 18.8. The molecule has 8 nitrogen and oxygen atoms in total. The number of fused-ring (bicyclic) bond motifs is 1. The first kappa shape index (κ1) is 27.9. The summed E-state index contributed by atoms with van der Waals surface area (Å²) >= 11 is -1.09. The van der Waals surface area contributed by atoms with E-state index in [9.17, 15) is 14.5 Å². The molecule has 2 aliphatic carbocycles. The van der Waals surface area contributed by atoms with Crippen molar-refractivity contribution in [2.75, 3.05) is 7.11 Å². The van der Waals surface area contributed by atoms with Gasteiger partial charge in [0, 0.05) is 24.3 Å². The molecule has 2 unspecified atom stereocenters. The molecule has 9 heteroatoms. The van der Waals surface area contributed by atoms with Gasteiger partial charge in [0.25, 0.3) is 0 Å². The van der Waals surface area contributed by atoms with E-state index in [0.29, 0.717) is 17.8 Å². The second kappa shape index (κ2) is 12.3. The van der Waals surface area contributed by atoms with E-state index < -0.39 is 23.2 Å². The Balaban J connectivity index is 1.31. The number of carbonyl (C=O) groups is 1. The van der Waals surface area contributed by atoms with E-state index >= 15 is 0 Å². The van der Waals surface area contributed by atoms with Gasteiger partial charge in [0.05, 0.1) is 20.1 Å². The van der Waals surface area contributed by atoms with Crippen molar-refractivity contribution in [2.24, 2.45) is 18.9 Å². The average molecular weight is 553 g/mol. The molecule has 0 spiro atoms. The summed E-state index contributed by atoms with van der Waals surface area (Å²) in [5.41, 5.74) is 5.26. The molecule has 0 saturated heterocycles. The Morgan fingerprint density at radius 2 is 1.85 bits per heavy atom. The first-order valence-electron chi connectivity index (χ1n) is 14.2. The number of aryl methyl sites for hydroxylation is 2. The highest BCUT2D eigenvalue weighted by Crippen LogP contribution is 2.40. The Bertz CT molecular complexity index is 1300. The van der Waals surface area contributed by atoms with E-state index in [1.54, 1.807) is 18.8 Å². The quantitative estimate of drug-likeness (QED) is 0.324. The van der Waals surface area contributed by atoms with Gasteiger partial charge in [-0.15, -0.1) is 9.82 Å². The molecule has 2 fully saturated rings.